The lowest BCUT2D eigenvalue weighted by Crippen LogP contribution is -2.40. The van der Waals surface area contributed by atoms with E-state index < -0.39 is 8.07 Å². The van der Waals surface area contributed by atoms with Gasteiger partial charge in [0.1, 0.15) is 0 Å². The first-order valence-electron chi connectivity index (χ1n) is 8.89. The molecule has 2 aliphatic rings. The molecule has 1 heterocycles. The zero-order valence-corrected chi connectivity index (χ0v) is 15.7. The monoisotopic (exact) mass is 313 g/mol. The number of rotatable bonds is 3. The van der Waals surface area contributed by atoms with Crippen molar-refractivity contribution in [3.05, 3.63) is 47.2 Å². The standard InChI is InChI=1S/C20H31NSi/c1-20-13-9-8-12-19(20)21(14-17-10-6-5-7-11-17)15-18(20)16-22(2,3)4/h5-7,10-11,16,19H,8-9,12-15H2,1-4H3/b18-16+/t19-,20-/m0/s1. The fourth-order valence-electron chi connectivity index (χ4n) is 4.50. The molecule has 120 valence electrons. The van der Waals surface area contributed by atoms with E-state index in [1.54, 1.807) is 5.57 Å². The molecule has 2 heteroatoms. The lowest BCUT2D eigenvalue weighted by molar-refractivity contribution is 0.121. The molecule has 0 spiro atoms. The summed E-state index contributed by atoms with van der Waals surface area (Å²) in [5.74, 6) is 0. The molecule has 0 unspecified atom stereocenters. The van der Waals surface area contributed by atoms with Gasteiger partial charge in [0.15, 0.2) is 0 Å². The van der Waals surface area contributed by atoms with Crippen molar-refractivity contribution in [2.24, 2.45) is 5.41 Å². The second kappa shape index (κ2) is 5.97. The lowest BCUT2D eigenvalue weighted by Gasteiger charge is -2.40. The van der Waals surface area contributed by atoms with Crippen LogP contribution in [-0.4, -0.2) is 25.6 Å². The summed E-state index contributed by atoms with van der Waals surface area (Å²) in [6, 6.07) is 11.8. The minimum Gasteiger partial charge on any atom is -0.291 e. The maximum Gasteiger partial charge on any atom is 0.0687 e. The van der Waals surface area contributed by atoms with Crippen LogP contribution < -0.4 is 0 Å². The highest BCUT2D eigenvalue weighted by atomic mass is 28.3. The smallest absolute Gasteiger partial charge is 0.0687 e. The van der Waals surface area contributed by atoms with E-state index >= 15 is 0 Å². The molecule has 0 N–H and O–H groups in total. The van der Waals surface area contributed by atoms with Gasteiger partial charge in [-0.3, -0.25) is 4.90 Å². The zero-order valence-electron chi connectivity index (χ0n) is 14.7. The second-order valence-electron chi connectivity index (χ2n) is 8.61. The number of nitrogens with zero attached hydrogens (tertiary/aromatic N) is 1. The van der Waals surface area contributed by atoms with Gasteiger partial charge in [-0.05, 0) is 18.4 Å². The fraction of sp³-hybridized carbons (Fsp3) is 0.600. The highest BCUT2D eigenvalue weighted by Gasteiger charge is 2.48. The molecule has 1 nitrogen and oxygen atoms in total. The lowest BCUT2D eigenvalue weighted by atomic mass is 9.70. The van der Waals surface area contributed by atoms with Gasteiger partial charge in [0.05, 0.1) is 8.07 Å². The molecule has 1 aromatic carbocycles. The van der Waals surface area contributed by atoms with E-state index in [4.69, 9.17) is 0 Å². The third-order valence-electron chi connectivity index (χ3n) is 5.54. The van der Waals surface area contributed by atoms with Crippen molar-refractivity contribution in [2.75, 3.05) is 6.54 Å². The number of fused-ring (bicyclic) bond motifs is 1. The van der Waals surface area contributed by atoms with Crippen LogP contribution in [0.25, 0.3) is 0 Å². The highest BCUT2D eigenvalue weighted by molar-refractivity contribution is 6.81. The number of likely N-dealkylation sites (tertiary alicyclic amines) is 1. The summed E-state index contributed by atoms with van der Waals surface area (Å²) in [5.41, 5.74) is 6.36. The zero-order chi connectivity index (χ0) is 15.8. The molecule has 0 amide bonds. The molecule has 1 saturated carbocycles. The maximum atomic E-state index is 2.76. The van der Waals surface area contributed by atoms with Gasteiger partial charge in [-0.2, -0.15) is 0 Å². The maximum absolute atomic E-state index is 2.76. The van der Waals surface area contributed by atoms with E-state index in [0.717, 1.165) is 12.6 Å². The molecular formula is C20H31NSi. The molecule has 22 heavy (non-hydrogen) atoms. The third-order valence-corrected chi connectivity index (χ3v) is 6.76. The van der Waals surface area contributed by atoms with Crippen LogP contribution in [0.1, 0.15) is 38.2 Å². The van der Waals surface area contributed by atoms with Crippen LogP contribution in [0.2, 0.25) is 19.6 Å². The molecule has 1 aliphatic heterocycles. The normalized spacial score (nSPS) is 31.5. The molecule has 0 aromatic heterocycles. The van der Waals surface area contributed by atoms with Crippen LogP contribution in [0.5, 0.6) is 0 Å². The van der Waals surface area contributed by atoms with E-state index in [2.05, 4.69) is 67.5 Å². The summed E-state index contributed by atoms with van der Waals surface area (Å²) in [7, 11) is -1.16. The summed E-state index contributed by atoms with van der Waals surface area (Å²) < 4.78 is 0. The van der Waals surface area contributed by atoms with Crippen molar-refractivity contribution in [3.8, 4) is 0 Å². The first kappa shape index (κ1) is 16.0. The Morgan fingerprint density at radius 2 is 1.91 bits per heavy atom. The molecule has 1 saturated heterocycles. The average molecular weight is 314 g/mol. The quantitative estimate of drug-likeness (QED) is 0.688. The van der Waals surface area contributed by atoms with E-state index in [0.29, 0.717) is 5.41 Å². The van der Waals surface area contributed by atoms with Crippen LogP contribution >= 0.6 is 0 Å². The first-order valence-corrected chi connectivity index (χ1v) is 12.5. The largest absolute Gasteiger partial charge is 0.291 e. The molecule has 2 atom stereocenters. The predicted octanol–water partition coefficient (Wildman–Crippen LogP) is 5.25. The van der Waals surface area contributed by atoms with E-state index in [1.165, 1.54) is 37.8 Å². The van der Waals surface area contributed by atoms with Gasteiger partial charge in [0.2, 0.25) is 0 Å². The first-order chi connectivity index (χ1) is 10.4. The van der Waals surface area contributed by atoms with Crippen LogP contribution in [0.4, 0.5) is 0 Å². The van der Waals surface area contributed by atoms with Gasteiger partial charge in [0.25, 0.3) is 0 Å². The Morgan fingerprint density at radius 1 is 1.18 bits per heavy atom. The Bertz CT molecular complexity index is 543. The Labute approximate surface area is 137 Å². The molecular weight excluding hydrogens is 282 g/mol. The molecule has 2 fully saturated rings. The van der Waals surface area contributed by atoms with Crippen molar-refractivity contribution in [3.63, 3.8) is 0 Å². The molecule has 1 aromatic rings. The van der Waals surface area contributed by atoms with Crippen LogP contribution in [-0.2, 0) is 6.54 Å². The predicted molar refractivity (Wildman–Crippen MR) is 98.6 cm³/mol. The number of hydrogen-bond acceptors (Lipinski definition) is 1. The van der Waals surface area contributed by atoms with Gasteiger partial charge in [-0.1, -0.05) is 81.0 Å². The van der Waals surface area contributed by atoms with E-state index in [-0.39, 0.29) is 0 Å². The van der Waals surface area contributed by atoms with Gasteiger partial charge >= 0.3 is 0 Å². The Hall–Kier alpha value is -0.863. The summed E-state index contributed by atoms with van der Waals surface area (Å²) in [6.07, 6.45) is 5.59. The van der Waals surface area contributed by atoms with Gasteiger partial charge in [0, 0.05) is 24.5 Å². The summed E-state index contributed by atoms with van der Waals surface area (Å²) in [6.45, 7) is 12.3. The second-order valence-corrected chi connectivity index (χ2v) is 13.6. The molecule has 0 bridgehead atoms. The summed E-state index contributed by atoms with van der Waals surface area (Å²) >= 11 is 0. The number of hydrogen-bond donors (Lipinski definition) is 0. The van der Waals surface area contributed by atoms with Crippen molar-refractivity contribution < 1.29 is 0 Å². The average Bonchev–Trinajstić information content (AvgIpc) is 2.71. The Morgan fingerprint density at radius 3 is 2.59 bits per heavy atom. The van der Waals surface area contributed by atoms with Crippen LogP contribution in [0, 0.1) is 5.41 Å². The van der Waals surface area contributed by atoms with Crippen molar-refractivity contribution in [1.29, 1.82) is 0 Å². The van der Waals surface area contributed by atoms with E-state index in [1.807, 2.05) is 0 Å². The minimum absolute atomic E-state index is 0.438. The number of benzene rings is 1. The van der Waals surface area contributed by atoms with Crippen LogP contribution in [0.15, 0.2) is 41.6 Å². The van der Waals surface area contributed by atoms with Gasteiger partial charge < -0.3 is 0 Å². The van der Waals surface area contributed by atoms with Crippen molar-refractivity contribution in [1.82, 2.24) is 4.90 Å². The Balaban J connectivity index is 1.88. The summed E-state index contributed by atoms with van der Waals surface area (Å²) in [5, 5.41) is 0. The SMILES string of the molecule is C[C@@]12CCCC[C@@H]1N(Cc1ccccc1)C/C2=C\[Si](C)(C)C. The molecule has 0 radical (unpaired) electrons. The Kier molecular flexibility index (Phi) is 4.35. The molecule has 3 rings (SSSR count). The topological polar surface area (TPSA) is 3.24 Å². The highest BCUT2D eigenvalue weighted by Crippen LogP contribution is 2.50. The van der Waals surface area contributed by atoms with E-state index in [9.17, 15) is 0 Å². The van der Waals surface area contributed by atoms with Gasteiger partial charge in [-0.25, -0.2) is 0 Å². The molecule has 1 aliphatic carbocycles. The summed E-state index contributed by atoms with van der Waals surface area (Å²) in [4.78, 5) is 2.76. The van der Waals surface area contributed by atoms with Crippen molar-refractivity contribution >= 4 is 8.07 Å². The van der Waals surface area contributed by atoms with Crippen molar-refractivity contribution in [2.45, 2.75) is 64.8 Å². The minimum atomic E-state index is -1.16. The fourth-order valence-corrected chi connectivity index (χ4v) is 5.97. The van der Waals surface area contributed by atoms with Gasteiger partial charge in [-0.15, -0.1) is 0 Å². The van der Waals surface area contributed by atoms with Crippen LogP contribution in [0.3, 0.4) is 0 Å². The third kappa shape index (κ3) is 3.23.